The molecule has 1 aliphatic carbocycles. The van der Waals surface area contributed by atoms with Gasteiger partial charge in [-0.05, 0) is 84.1 Å². The van der Waals surface area contributed by atoms with Crippen molar-refractivity contribution in [1.29, 1.82) is 5.26 Å². The summed E-state index contributed by atoms with van der Waals surface area (Å²) in [4.78, 5) is 16.6. The number of imidazole rings is 1. The Morgan fingerprint density at radius 1 is 1.26 bits per heavy atom. The number of aromatic nitrogens is 3. The number of hydrogen-bond acceptors (Lipinski definition) is 8. The Balaban J connectivity index is 1.15. The lowest BCUT2D eigenvalue weighted by Gasteiger charge is -2.40. The van der Waals surface area contributed by atoms with Gasteiger partial charge in [0, 0.05) is 42.1 Å². The molecule has 42 heavy (non-hydrogen) atoms. The van der Waals surface area contributed by atoms with E-state index in [0.717, 1.165) is 48.5 Å². The summed E-state index contributed by atoms with van der Waals surface area (Å²) in [6.07, 6.45) is 6.71. The Kier molecular flexibility index (Phi) is 8.67. The van der Waals surface area contributed by atoms with Crippen molar-refractivity contribution in [3.05, 3.63) is 59.8 Å². The van der Waals surface area contributed by atoms with Crippen molar-refractivity contribution >= 4 is 6.09 Å². The van der Waals surface area contributed by atoms with Crippen molar-refractivity contribution < 1.29 is 23.5 Å². The largest absolute Gasteiger partial charge is 0.444 e. The Bertz CT molecular complexity index is 1470. The first-order chi connectivity index (χ1) is 20.1. The molecule has 0 bridgehead atoms. The normalized spacial score (nSPS) is 22.6. The molecule has 2 aromatic heterocycles. The summed E-state index contributed by atoms with van der Waals surface area (Å²) in [5, 5.41) is 16.6. The number of amides is 1. The maximum atomic E-state index is 12.1. The molecule has 0 radical (unpaired) electrons. The average Bonchev–Trinajstić information content (AvgIpc) is 3.60. The average molecular weight is 572 g/mol. The molecule has 2 atom stereocenters. The summed E-state index contributed by atoms with van der Waals surface area (Å²) >= 11 is 0. The maximum Gasteiger partial charge on any atom is 0.408 e. The number of nitriles is 1. The second kappa shape index (κ2) is 12.4. The Morgan fingerprint density at radius 3 is 2.74 bits per heavy atom. The highest BCUT2D eigenvalue weighted by Crippen LogP contribution is 2.37. The van der Waals surface area contributed by atoms with E-state index in [2.05, 4.69) is 33.4 Å². The predicted molar refractivity (Wildman–Crippen MR) is 154 cm³/mol. The highest BCUT2D eigenvalue weighted by atomic mass is 16.7. The molecule has 3 heterocycles. The lowest BCUT2D eigenvalue weighted by molar-refractivity contribution is -0.188. The van der Waals surface area contributed by atoms with Crippen LogP contribution < -0.4 is 5.32 Å². The highest BCUT2D eigenvalue weighted by Gasteiger charge is 2.46. The number of nitrogens with zero attached hydrogens (tertiary/aromatic N) is 4. The summed E-state index contributed by atoms with van der Waals surface area (Å²) in [5.74, 6) is 7.90. The molecule has 1 unspecified atom stereocenters. The standard InChI is InChI=1S/C32H37N5O5/c1-22(40-28-7-5-6-16-39-28)29-34-14-15-37(29)20-26-17-27(42-36-26)25-12-10-23(11-13-25)8-9-24-18-32(19-24,21-33)35-30(38)41-31(2,3)4/h10-15,17,22,24,28H,5-7,16,18-20H2,1-4H3,(H,35,38)/t22-,24?,28?,32?/m0/s1. The first kappa shape index (κ1) is 29.4. The van der Waals surface area contributed by atoms with Gasteiger partial charge in [-0.1, -0.05) is 17.0 Å². The van der Waals surface area contributed by atoms with Crippen LogP contribution in [0.2, 0.25) is 0 Å². The van der Waals surface area contributed by atoms with E-state index in [1.807, 2.05) is 48.0 Å². The first-order valence-corrected chi connectivity index (χ1v) is 14.4. The predicted octanol–water partition coefficient (Wildman–Crippen LogP) is 5.74. The topological polar surface area (TPSA) is 124 Å². The number of alkyl carbamates (subject to hydrolysis) is 1. The lowest BCUT2D eigenvalue weighted by Crippen LogP contribution is -2.57. The second-order valence-electron chi connectivity index (χ2n) is 11.9. The van der Waals surface area contributed by atoms with E-state index in [4.69, 9.17) is 18.7 Å². The Labute approximate surface area is 246 Å². The van der Waals surface area contributed by atoms with Crippen LogP contribution in [0, 0.1) is 29.1 Å². The van der Waals surface area contributed by atoms with Gasteiger partial charge in [-0.2, -0.15) is 5.26 Å². The van der Waals surface area contributed by atoms with Crippen molar-refractivity contribution in [2.45, 2.75) is 89.9 Å². The second-order valence-corrected chi connectivity index (χ2v) is 11.9. The van der Waals surface area contributed by atoms with Gasteiger partial charge in [0.15, 0.2) is 12.1 Å². The molecule has 10 nitrogen and oxygen atoms in total. The van der Waals surface area contributed by atoms with Gasteiger partial charge in [-0.3, -0.25) is 0 Å². The third kappa shape index (κ3) is 7.39. The summed E-state index contributed by atoms with van der Waals surface area (Å²) in [6.45, 7) is 8.60. The van der Waals surface area contributed by atoms with E-state index >= 15 is 0 Å². The van der Waals surface area contributed by atoms with Crippen LogP contribution in [0.1, 0.15) is 83.0 Å². The zero-order chi connectivity index (χ0) is 29.7. The number of nitrogens with one attached hydrogen (secondary N) is 1. The first-order valence-electron chi connectivity index (χ1n) is 14.4. The van der Waals surface area contributed by atoms with Gasteiger partial charge in [0.25, 0.3) is 0 Å². The van der Waals surface area contributed by atoms with Gasteiger partial charge in [0.05, 0.1) is 12.6 Å². The van der Waals surface area contributed by atoms with E-state index in [1.54, 1.807) is 27.0 Å². The summed E-state index contributed by atoms with van der Waals surface area (Å²) in [7, 11) is 0. The summed E-state index contributed by atoms with van der Waals surface area (Å²) in [6, 6.07) is 11.9. The van der Waals surface area contributed by atoms with Crippen LogP contribution in [0.3, 0.4) is 0 Å². The van der Waals surface area contributed by atoms with Crippen molar-refractivity contribution in [1.82, 2.24) is 20.0 Å². The summed E-state index contributed by atoms with van der Waals surface area (Å²) in [5.41, 5.74) is 0.976. The minimum Gasteiger partial charge on any atom is -0.444 e. The van der Waals surface area contributed by atoms with Crippen LogP contribution in [0.15, 0.2) is 47.2 Å². The molecule has 1 aliphatic heterocycles. The molecule has 1 saturated heterocycles. The smallest absolute Gasteiger partial charge is 0.408 e. The molecule has 1 aromatic carbocycles. The van der Waals surface area contributed by atoms with E-state index in [0.29, 0.717) is 25.1 Å². The molecule has 2 fully saturated rings. The third-order valence-electron chi connectivity index (χ3n) is 7.23. The maximum absolute atomic E-state index is 12.1. The molecule has 220 valence electrons. The van der Waals surface area contributed by atoms with Gasteiger partial charge in [-0.25, -0.2) is 9.78 Å². The third-order valence-corrected chi connectivity index (χ3v) is 7.23. The minimum absolute atomic E-state index is 0.0208. The SMILES string of the molecule is C[C@H](OC1CCCCO1)c1nccn1Cc1cc(-c2ccc(C#CC3CC(C#N)(NC(=O)OC(C)(C)C)C3)cc2)on1. The molecule has 2 aliphatic rings. The minimum atomic E-state index is -0.929. The van der Waals surface area contributed by atoms with E-state index in [-0.39, 0.29) is 18.3 Å². The van der Waals surface area contributed by atoms with Gasteiger partial charge in [0.1, 0.15) is 28.8 Å². The van der Waals surface area contributed by atoms with Gasteiger partial charge < -0.3 is 28.6 Å². The highest BCUT2D eigenvalue weighted by molar-refractivity contribution is 5.70. The van der Waals surface area contributed by atoms with Crippen LogP contribution >= 0.6 is 0 Å². The van der Waals surface area contributed by atoms with Crippen LogP contribution in [0.5, 0.6) is 0 Å². The number of carbonyl (C=O) groups excluding carboxylic acids is 1. The summed E-state index contributed by atoms with van der Waals surface area (Å²) < 4.78 is 24.7. The fourth-order valence-corrected chi connectivity index (χ4v) is 5.12. The molecule has 10 heteroatoms. The van der Waals surface area contributed by atoms with Crippen molar-refractivity contribution in [3.8, 4) is 29.2 Å². The number of ether oxygens (including phenoxy) is 3. The molecule has 3 aromatic rings. The molecule has 1 amide bonds. The van der Waals surface area contributed by atoms with Crippen LogP contribution in [-0.4, -0.2) is 44.8 Å². The van der Waals surface area contributed by atoms with E-state index in [9.17, 15) is 10.1 Å². The molecule has 1 saturated carbocycles. The lowest BCUT2D eigenvalue weighted by atomic mass is 9.69. The molecule has 5 rings (SSSR count). The quantitative estimate of drug-likeness (QED) is 0.356. The molecule has 1 N–H and O–H groups in total. The number of rotatable bonds is 7. The van der Waals surface area contributed by atoms with Gasteiger partial charge in [0.2, 0.25) is 0 Å². The Hall–Kier alpha value is -4.12. The van der Waals surface area contributed by atoms with Crippen LogP contribution in [0.25, 0.3) is 11.3 Å². The fraction of sp³-hybridized carbons (Fsp3) is 0.500. The Morgan fingerprint density at radius 2 is 2.05 bits per heavy atom. The number of carbonyl (C=O) groups is 1. The van der Waals surface area contributed by atoms with Gasteiger partial charge >= 0.3 is 6.09 Å². The van der Waals surface area contributed by atoms with E-state index < -0.39 is 17.2 Å². The molecule has 0 spiro atoms. The van der Waals surface area contributed by atoms with Gasteiger partial charge in [-0.15, -0.1) is 0 Å². The van der Waals surface area contributed by atoms with Crippen molar-refractivity contribution in [2.24, 2.45) is 5.92 Å². The van der Waals surface area contributed by atoms with Crippen LogP contribution in [0.4, 0.5) is 4.79 Å². The molecular weight excluding hydrogens is 534 g/mol. The molecular formula is C32H37N5O5. The zero-order valence-corrected chi connectivity index (χ0v) is 24.6. The monoisotopic (exact) mass is 571 g/mol. The number of hydrogen-bond donors (Lipinski definition) is 1. The van der Waals surface area contributed by atoms with Crippen LogP contribution in [-0.2, 0) is 20.8 Å². The van der Waals surface area contributed by atoms with Crippen molar-refractivity contribution in [3.63, 3.8) is 0 Å². The number of benzene rings is 1. The van der Waals surface area contributed by atoms with E-state index in [1.165, 1.54) is 0 Å². The zero-order valence-electron chi connectivity index (χ0n) is 24.6. The van der Waals surface area contributed by atoms with Crippen molar-refractivity contribution in [2.75, 3.05) is 6.61 Å². The fourth-order valence-electron chi connectivity index (χ4n) is 5.12.